The van der Waals surface area contributed by atoms with Crippen LogP contribution in [0.1, 0.15) is 12.8 Å². The van der Waals surface area contributed by atoms with E-state index in [1.54, 1.807) is 24.6 Å². The minimum atomic E-state index is -3.56. The fourth-order valence-corrected chi connectivity index (χ4v) is 4.99. The van der Waals surface area contributed by atoms with Gasteiger partial charge in [0.15, 0.2) is 0 Å². The molecular formula is C12H18N2O4S2. The molecule has 1 aliphatic rings. The van der Waals surface area contributed by atoms with Crippen molar-refractivity contribution in [1.29, 1.82) is 0 Å². The summed E-state index contributed by atoms with van der Waals surface area (Å²) in [6, 6.07) is 2.65. The van der Waals surface area contributed by atoms with E-state index in [-0.39, 0.29) is 10.1 Å². The van der Waals surface area contributed by atoms with Crippen molar-refractivity contribution in [2.24, 2.45) is 0 Å². The second-order valence-corrected chi connectivity index (χ2v) is 7.55. The summed E-state index contributed by atoms with van der Waals surface area (Å²) >= 11 is 1.17. The summed E-state index contributed by atoms with van der Waals surface area (Å²) in [6.07, 6.45) is 1.26. The van der Waals surface area contributed by atoms with Crippen LogP contribution in [0.4, 0.5) is 0 Å². The molecule has 0 aromatic carbocycles. The summed E-state index contributed by atoms with van der Waals surface area (Å²) in [6.45, 7) is 1.19. The third-order valence-corrected chi connectivity index (χ3v) is 6.45. The number of carbonyl (C=O) groups is 1. The van der Waals surface area contributed by atoms with Crippen molar-refractivity contribution in [3.8, 4) is 0 Å². The van der Waals surface area contributed by atoms with Gasteiger partial charge in [0.05, 0.1) is 6.61 Å². The molecule has 6 nitrogen and oxygen atoms in total. The first-order chi connectivity index (χ1) is 9.57. The van der Waals surface area contributed by atoms with Crippen molar-refractivity contribution in [2.75, 3.05) is 26.8 Å². The number of rotatable bonds is 6. The number of nitrogens with zero attached hydrogens (tertiary/aromatic N) is 1. The van der Waals surface area contributed by atoms with E-state index in [0.717, 1.165) is 0 Å². The van der Waals surface area contributed by atoms with Crippen LogP contribution in [0.2, 0.25) is 0 Å². The smallest absolute Gasteiger partial charge is 0.253 e. The van der Waals surface area contributed by atoms with Crippen LogP contribution < -0.4 is 5.32 Å². The molecular weight excluding hydrogens is 300 g/mol. The molecule has 1 fully saturated rings. The van der Waals surface area contributed by atoms with Crippen LogP contribution in [0.15, 0.2) is 21.7 Å². The van der Waals surface area contributed by atoms with E-state index in [2.05, 4.69) is 5.32 Å². The normalized spacial score (nSPS) is 20.1. The maximum absolute atomic E-state index is 12.5. The Hall–Kier alpha value is -0.960. The Balaban J connectivity index is 2.09. The lowest BCUT2D eigenvalue weighted by atomic mass is 10.2. The molecule has 8 heteroatoms. The molecule has 112 valence electrons. The maximum Gasteiger partial charge on any atom is 0.253 e. The molecule has 1 aliphatic heterocycles. The minimum Gasteiger partial charge on any atom is -0.383 e. The number of methoxy groups -OCH3 is 1. The largest absolute Gasteiger partial charge is 0.383 e. The second kappa shape index (κ2) is 6.66. The van der Waals surface area contributed by atoms with Crippen LogP contribution in [0.3, 0.4) is 0 Å². The van der Waals surface area contributed by atoms with E-state index in [1.165, 1.54) is 15.6 Å². The van der Waals surface area contributed by atoms with Gasteiger partial charge in [0.2, 0.25) is 5.91 Å². The van der Waals surface area contributed by atoms with Crippen LogP contribution in [-0.4, -0.2) is 51.5 Å². The Morgan fingerprint density at radius 2 is 2.40 bits per heavy atom. The zero-order valence-electron chi connectivity index (χ0n) is 11.2. The van der Waals surface area contributed by atoms with Gasteiger partial charge in [-0.15, -0.1) is 11.3 Å². The summed E-state index contributed by atoms with van der Waals surface area (Å²) in [5.41, 5.74) is 0. The summed E-state index contributed by atoms with van der Waals surface area (Å²) in [7, 11) is -2.01. The van der Waals surface area contributed by atoms with E-state index < -0.39 is 16.1 Å². The van der Waals surface area contributed by atoms with Gasteiger partial charge in [-0.2, -0.15) is 4.31 Å². The first kappa shape index (κ1) is 15.4. The quantitative estimate of drug-likeness (QED) is 0.782. The molecule has 0 radical (unpaired) electrons. The van der Waals surface area contributed by atoms with Crippen LogP contribution in [0, 0.1) is 0 Å². The van der Waals surface area contributed by atoms with Gasteiger partial charge < -0.3 is 10.1 Å². The lowest BCUT2D eigenvalue weighted by Gasteiger charge is -2.22. The number of hydrogen-bond acceptors (Lipinski definition) is 5. The molecule has 0 bridgehead atoms. The van der Waals surface area contributed by atoms with E-state index in [9.17, 15) is 13.2 Å². The number of sulfonamides is 1. The highest BCUT2D eigenvalue weighted by Gasteiger charge is 2.39. The molecule has 0 saturated carbocycles. The number of amides is 1. The Labute approximate surface area is 122 Å². The molecule has 0 aliphatic carbocycles. The monoisotopic (exact) mass is 318 g/mol. The Morgan fingerprint density at radius 3 is 3.05 bits per heavy atom. The highest BCUT2D eigenvalue weighted by Crippen LogP contribution is 2.28. The molecule has 2 heterocycles. The third kappa shape index (κ3) is 3.20. The van der Waals surface area contributed by atoms with Gasteiger partial charge in [0.1, 0.15) is 10.3 Å². The Kier molecular flexibility index (Phi) is 5.14. The minimum absolute atomic E-state index is 0.250. The molecule has 1 atom stereocenters. The van der Waals surface area contributed by atoms with E-state index in [1.807, 2.05) is 0 Å². The average molecular weight is 318 g/mol. The molecule has 20 heavy (non-hydrogen) atoms. The second-order valence-electron chi connectivity index (χ2n) is 4.49. The average Bonchev–Trinajstić information content (AvgIpc) is 3.10. The molecule has 1 unspecified atom stereocenters. The lowest BCUT2D eigenvalue weighted by molar-refractivity contribution is -0.124. The van der Waals surface area contributed by atoms with Crippen LogP contribution >= 0.6 is 11.3 Å². The number of hydrogen-bond donors (Lipinski definition) is 1. The van der Waals surface area contributed by atoms with E-state index in [0.29, 0.717) is 32.5 Å². The van der Waals surface area contributed by atoms with E-state index >= 15 is 0 Å². The molecule has 1 amide bonds. The van der Waals surface area contributed by atoms with Crippen molar-refractivity contribution < 1.29 is 17.9 Å². The molecule has 1 saturated heterocycles. The first-order valence-electron chi connectivity index (χ1n) is 6.39. The fraction of sp³-hybridized carbons (Fsp3) is 0.583. The van der Waals surface area contributed by atoms with Crippen LogP contribution in [0.25, 0.3) is 0 Å². The standard InChI is InChI=1S/C12H18N2O4S2/c1-18-8-6-13-12(15)10-4-2-7-14(10)20(16,17)11-5-3-9-19-11/h3,5,9-10H,2,4,6-8H2,1H3,(H,13,15). The van der Waals surface area contributed by atoms with E-state index in [4.69, 9.17) is 4.74 Å². The van der Waals surface area contributed by atoms with Crippen molar-refractivity contribution in [1.82, 2.24) is 9.62 Å². The van der Waals surface area contributed by atoms with Gasteiger partial charge in [0.25, 0.3) is 10.0 Å². The van der Waals surface area contributed by atoms with Crippen LogP contribution in [-0.2, 0) is 19.6 Å². The SMILES string of the molecule is COCCNC(=O)C1CCCN1S(=O)(=O)c1cccs1. The summed E-state index contributed by atoms with van der Waals surface area (Å²) < 4.78 is 31.4. The Morgan fingerprint density at radius 1 is 1.60 bits per heavy atom. The van der Waals surface area contributed by atoms with Crippen molar-refractivity contribution in [3.63, 3.8) is 0 Å². The first-order valence-corrected chi connectivity index (χ1v) is 8.71. The topological polar surface area (TPSA) is 75.7 Å². The summed E-state index contributed by atoms with van der Waals surface area (Å²) in [4.78, 5) is 12.1. The number of carbonyl (C=O) groups excluding carboxylic acids is 1. The number of nitrogens with one attached hydrogen (secondary N) is 1. The van der Waals surface area contributed by atoms with Crippen LogP contribution in [0.5, 0.6) is 0 Å². The fourth-order valence-electron chi connectivity index (χ4n) is 2.21. The highest BCUT2D eigenvalue weighted by atomic mass is 32.2. The van der Waals surface area contributed by atoms with Gasteiger partial charge in [-0.1, -0.05) is 6.07 Å². The van der Waals surface area contributed by atoms with Gasteiger partial charge >= 0.3 is 0 Å². The van der Waals surface area contributed by atoms with Gasteiger partial charge in [-0.25, -0.2) is 8.42 Å². The van der Waals surface area contributed by atoms with Crippen molar-refractivity contribution in [3.05, 3.63) is 17.5 Å². The molecule has 1 N–H and O–H groups in total. The molecule has 1 aromatic rings. The van der Waals surface area contributed by atoms with Gasteiger partial charge in [0, 0.05) is 20.2 Å². The predicted molar refractivity (Wildman–Crippen MR) is 76.1 cm³/mol. The van der Waals surface area contributed by atoms with Gasteiger partial charge in [-0.3, -0.25) is 4.79 Å². The molecule has 1 aromatic heterocycles. The maximum atomic E-state index is 12.5. The van der Waals surface area contributed by atoms with Gasteiger partial charge in [-0.05, 0) is 24.3 Å². The molecule has 2 rings (SSSR count). The number of thiophene rings is 1. The predicted octanol–water partition coefficient (Wildman–Crippen LogP) is 0.664. The molecule has 0 spiro atoms. The Bertz CT molecular complexity index is 542. The summed E-state index contributed by atoms with van der Waals surface area (Å²) in [5.74, 6) is -0.250. The highest BCUT2D eigenvalue weighted by molar-refractivity contribution is 7.91. The lowest BCUT2D eigenvalue weighted by Crippen LogP contribution is -2.46. The zero-order valence-corrected chi connectivity index (χ0v) is 12.9. The number of ether oxygens (including phenoxy) is 1. The third-order valence-electron chi connectivity index (χ3n) is 3.17. The summed E-state index contributed by atoms with van der Waals surface area (Å²) in [5, 5.41) is 4.43. The van der Waals surface area contributed by atoms with Crippen molar-refractivity contribution >= 4 is 27.3 Å². The zero-order chi connectivity index (χ0) is 14.6. The van der Waals surface area contributed by atoms with Crippen molar-refractivity contribution in [2.45, 2.75) is 23.1 Å².